The Morgan fingerprint density at radius 1 is 1.11 bits per heavy atom. The minimum absolute atomic E-state index is 0.0968. The van der Waals surface area contributed by atoms with Gasteiger partial charge in [0.15, 0.2) is 0 Å². The third kappa shape index (κ3) is 3.28. The second-order valence-electron chi connectivity index (χ2n) is 7.17. The molecule has 0 saturated carbocycles. The van der Waals surface area contributed by atoms with Crippen molar-refractivity contribution in [2.24, 2.45) is 0 Å². The molecule has 0 amide bonds. The molecule has 1 aliphatic heterocycles. The second kappa shape index (κ2) is 7.04. The Hall–Kier alpha value is -2.86. The summed E-state index contributed by atoms with van der Waals surface area (Å²) in [4.78, 5) is 22.0. The summed E-state index contributed by atoms with van der Waals surface area (Å²) in [7, 11) is 5.85. The van der Waals surface area contributed by atoms with Gasteiger partial charge < -0.3 is 14.5 Å². The van der Waals surface area contributed by atoms with E-state index in [2.05, 4.69) is 41.0 Å². The molecule has 1 aliphatic rings. The van der Waals surface area contributed by atoms with E-state index < -0.39 is 0 Å². The van der Waals surface area contributed by atoms with Crippen molar-refractivity contribution in [2.75, 3.05) is 39.2 Å². The van der Waals surface area contributed by atoms with Gasteiger partial charge in [0.2, 0.25) is 0 Å². The van der Waals surface area contributed by atoms with Crippen LogP contribution in [-0.2, 0) is 0 Å². The molecule has 6 heteroatoms. The van der Waals surface area contributed by atoms with Gasteiger partial charge in [0, 0.05) is 24.8 Å². The van der Waals surface area contributed by atoms with Crippen LogP contribution in [0.5, 0.6) is 5.75 Å². The van der Waals surface area contributed by atoms with Crippen LogP contribution in [0.15, 0.2) is 53.6 Å². The zero-order valence-electron chi connectivity index (χ0n) is 15.9. The monoisotopic (exact) mass is 364 g/mol. The Bertz CT molecular complexity index is 1010. The van der Waals surface area contributed by atoms with E-state index in [0.717, 1.165) is 18.8 Å². The standard InChI is InChI=1S/C21H24N4O2/c1-23(2)17-10-11-24(13-17)15-4-6-16(7-5-15)25-14-22-20-9-8-18(27-3)12-19(20)21(25)26/h4-9,12,14,17H,10-11,13H2,1-3H3. The molecule has 1 aromatic heterocycles. The maximum atomic E-state index is 12.9. The van der Waals surface area contributed by atoms with Crippen LogP contribution in [0.2, 0.25) is 0 Å². The first-order chi connectivity index (χ1) is 13.1. The molecule has 1 fully saturated rings. The Balaban J connectivity index is 1.64. The number of hydrogen-bond acceptors (Lipinski definition) is 5. The first-order valence-corrected chi connectivity index (χ1v) is 9.14. The third-order valence-corrected chi connectivity index (χ3v) is 5.35. The van der Waals surface area contributed by atoms with Crippen molar-refractivity contribution in [1.29, 1.82) is 0 Å². The summed E-state index contributed by atoms with van der Waals surface area (Å²) < 4.78 is 6.82. The van der Waals surface area contributed by atoms with Crippen molar-refractivity contribution < 1.29 is 4.74 Å². The summed E-state index contributed by atoms with van der Waals surface area (Å²) >= 11 is 0. The second-order valence-corrected chi connectivity index (χ2v) is 7.17. The Kier molecular flexibility index (Phi) is 4.58. The van der Waals surface area contributed by atoms with Gasteiger partial charge in [0.05, 0.1) is 23.7 Å². The molecule has 0 aliphatic carbocycles. The first-order valence-electron chi connectivity index (χ1n) is 9.14. The van der Waals surface area contributed by atoms with Gasteiger partial charge in [-0.15, -0.1) is 0 Å². The zero-order chi connectivity index (χ0) is 19.0. The number of nitrogens with zero attached hydrogens (tertiary/aromatic N) is 4. The molecule has 2 aromatic carbocycles. The van der Waals surface area contributed by atoms with Crippen LogP contribution in [0.4, 0.5) is 5.69 Å². The van der Waals surface area contributed by atoms with Gasteiger partial charge in [-0.2, -0.15) is 0 Å². The minimum atomic E-state index is -0.0968. The number of anilines is 1. The van der Waals surface area contributed by atoms with Crippen molar-refractivity contribution in [3.8, 4) is 11.4 Å². The van der Waals surface area contributed by atoms with E-state index in [4.69, 9.17) is 4.74 Å². The molecule has 1 unspecified atom stereocenters. The quantitative estimate of drug-likeness (QED) is 0.712. The predicted octanol–water partition coefficient (Wildman–Crippen LogP) is 2.53. The summed E-state index contributed by atoms with van der Waals surface area (Å²) in [6, 6.07) is 14.1. The molecule has 4 rings (SSSR count). The molecule has 140 valence electrons. The number of benzene rings is 2. The lowest BCUT2D eigenvalue weighted by Crippen LogP contribution is -2.31. The molecule has 0 N–H and O–H groups in total. The molecule has 0 radical (unpaired) electrons. The fraction of sp³-hybridized carbons (Fsp3) is 0.333. The Labute approximate surface area is 158 Å². The SMILES string of the molecule is COc1ccc2ncn(-c3ccc(N4CCC(N(C)C)C4)cc3)c(=O)c2c1. The van der Waals surface area contributed by atoms with Crippen molar-refractivity contribution in [2.45, 2.75) is 12.5 Å². The highest BCUT2D eigenvalue weighted by Crippen LogP contribution is 2.23. The van der Waals surface area contributed by atoms with Gasteiger partial charge in [-0.25, -0.2) is 4.98 Å². The molecular formula is C21H24N4O2. The number of likely N-dealkylation sites (N-methyl/N-ethyl adjacent to an activating group) is 1. The lowest BCUT2D eigenvalue weighted by Gasteiger charge is -2.22. The molecule has 27 heavy (non-hydrogen) atoms. The number of aromatic nitrogens is 2. The number of ether oxygens (including phenoxy) is 1. The van der Waals surface area contributed by atoms with Crippen LogP contribution in [0.25, 0.3) is 16.6 Å². The highest BCUT2D eigenvalue weighted by molar-refractivity contribution is 5.79. The van der Waals surface area contributed by atoms with E-state index in [1.165, 1.54) is 12.1 Å². The van der Waals surface area contributed by atoms with E-state index >= 15 is 0 Å². The molecule has 0 spiro atoms. The molecule has 1 atom stereocenters. The Morgan fingerprint density at radius 3 is 2.52 bits per heavy atom. The fourth-order valence-corrected chi connectivity index (χ4v) is 3.63. The van der Waals surface area contributed by atoms with E-state index in [9.17, 15) is 4.79 Å². The van der Waals surface area contributed by atoms with Crippen LogP contribution >= 0.6 is 0 Å². The topological polar surface area (TPSA) is 50.6 Å². The molecule has 2 heterocycles. The van der Waals surface area contributed by atoms with Crippen LogP contribution in [-0.4, -0.2) is 54.8 Å². The van der Waals surface area contributed by atoms with Gasteiger partial charge >= 0.3 is 0 Å². The van der Waals surface area contributed by atoms with Gasteiger partial charge in [-0.05, 0) is 63.0 Å². The van der Waals surface area contributed by atoms with Gasteiger partial charge in [0.25, 0.3) is 5.56 Å². The van der Waals surface area contributed by atoms with E-state index in [1.54, 1.807) is 30.1 Å². The molecule has 1 saturated heterocycles. The summed E-state index contributed by atoms with van der Waals surface area (Å²) in [6.07, 6.45) is 2.76. The van der Waals surface area contributed by atoms with E-state index in [0.29, 0.717) is 22.7 Å². The fourth-order valence-electron chi connectivity index (χ4n) is 3.63. The highest BCUT2D eigenvalue weighted by Gasteiger charge is 2.24. The average Bonchev–Trinajstić information content (AvgIpc) is 3.19. The van der Waals surface area contributed by atoms with Crippen molar-refractivity contribution in [3.05, 3.63) is 59.1 Å². The van der Waals surface area contributed by atoms with Crippen molar-refractivity contribution in [3.63, 3.8) is 0 Å². The van der Waals surface area contributed by atoms with Gasteiger partial charge in [-0.3, -0.25) is 9.36 Å². The summed E-state index contributed by atoms with van der Waals surface area (Å²) in [5.74, 6) is 0.652. The molecular weight excluding hydrogens is 340 g/mol. The van der Waals surface area contributed by atoms with Crippen molar-refractivity contribution in [1.82, 2.24) is 14.5 Å². The molecule has 0 bridgehead atoms. The van der Waals surface area contributed by atoms with E-state index in [1.807, 2.05) is 18.2 Å². The van der Waals surface area contributed by atoms with Crippen LogP contribution in [0.1, 0.15) is 6.42 Å². The summed E-state index contributed by atoms with van der Waals surface area (Å²) in [6.45, 7) is 2.09. The smallest absolute Gasteiger partial charge is 0.265 e. The maximum Gasteiger partial charge on any atom is 0.265 e. The van der Waals surface area contributed by atoms with Crippen LogP contribution in [0, 0.1) is 0 Å². The third-order valence-electron chi connectivity index (χ3n) is 5.35. The predicted molar refractivity (Wildman–Crippen MR) is 108 cm³/mol. The summed E-state index contributed by atoms with van der Waals surface area (Å²) in [5.41, 5.74) is 2.57. The minimum Gasteiger partial charge on any atom is -0.497 e. The average molecular weight is 364 g/mol. The summed E-state index contributed by atoms with van der Waals surface area (Å²) in [5, 5.41) is 0.550. The number of hydrogen-bond donors (Lipinski definition) is 0. The number of rotatable bonds is 4. The molecule has 3 aromatic rings. The molecule has 6 nitrogen and oxygen atoms in total. The maximum absolute atomic E-state index is 12.9. The van der Waals surface area contributed by atoms with Gasteiger partial charge in [0.1, 0.15) is 12.1 Å². The van der Waals surface area contributed by atoms with Crippen molar-refractivity contribution >= 4 is 16.6 Å². The van der Waals surface area contributed by atoms with E-state index in [-0.39, 0.29) is 5.56 Å². The van der Waals surface area contributed by atoms with Crippen LogP contribution in [0.3, 0.4) is 0 Å². The Morgan fingerprint density at radius 2 is 1.85 bits per heavy atom. The lowest BCUT2D eigenvalue weighted by molar-refractivity contribution is 0.315. The zero-order valence-corrected chi connectivity index (χ0v) is 15.9. The van der Waals surface area contributed by atoms with Crippen LogP contribution < -0.4 is 15.2 Å². The number of methoxy groups -OCH3 is 1. The number of fused-ring (bicyclic) bond motifs is 1. The highest BCUT2D eigenvalue weighted by atomic mass is 16.5. The lowest BCUT2D eigenvalue weighted by atomic mass is 10.2. The first kappa shape index (κ1) is 17.5. The normalized spacial score (nSPS) is 17.0. The van der Waals surface area contributed by atoms with Gasteiger partial charge in [-0.1, -0.05) is 0 Å². The largest absolute Gasteiger partial charge is 0.497 e.